The Hall–Kier alpha value is -2.60. The van der Waals surface area contributed by atoms with Crippen molar-refractivity contribution in [1.82, 2.24) is 9.80 Å². The summed E-state index contributed by atoms with van der Waals surface area (Å²) in [6.45, 7) is 14.7. The smallest absolute Gasteiger partial charge is 0.227 e. The van der Waals surface area contributed by atoms with E-state index in [0.717, 1.165) is 51.0 Å². The molecule has 6 heteroatoms. The molecule has 1 aromatic carbocycles. The van der Waals surface area contributed by atoms with Crippen LogP contribution in [0.3, 0.4) is 0 Å². The lowest BCUT2D eigenvalue weighted by atomic mass is 9.87. The standard InChI is InChI=1S/C28H40N2O4/c1-6-22(7-2)27(32)30-14-8-13-29(15-16-30)18-24-17-25(31)26(20-33-24)34-19-21-9-11-23(12-10-21)28(3,4)5/h9-12,17,20,22H,6-8,13-16,18-19H2,1-5H3. The summed E-state index contributed by atoms with van der Waals surface area (Å²) in [7, 11) is 0. The molecule has 0 unspecified atom stereocenters. The van der Waals surface area contributed by atoms with Gasteiger partial charge in [-0.1, -0.05) is 58.9 Å². The van der Waals surface area contributed by atoms with Crippen LogP contribution in [0.1, 0.15) is 70.8 Å². The Labute approximate surface area is 203 Å². The number of carbonyl (C=O) groups is 1. The van der Waals surface area contributed by atoms with E-state index in [9.17, 15) is 9.59 Å². The van der Waals surface area contributed by atoms with Gasteiger partial charge in [-0.05, 0) is 35.8 Å². The summed E-state index contributed by atoms with van der Waals surface area (Å²) in [5, 5.41) is 0. The van der Waals surface area contributed by atoms with Crippen molar-refractivity contribution in [3.63, 3.8) is 0 Å². The molecule has 0 aliphatic carbocycles. The molecule has 0 saturated carbocycles. The van der Waals surface area contributed by atoms with E-state index in [-0.39, 0.29) is 28.4 Å². The summed E-state index contributed by atoms with van der Waals surface area (Å²) in [5.74, 6) is 1.23. The second-order valence-electron chi connectivity index (χ2n) is 10.3. The topological polar surface area (TPSA) is 63.0 Å². The highest BCUT2D eigenvalue weighted by molar-refractivity contribution is 5.78. The van der Waals surface area contributed by atoms with Crippen molar-refractivity contribution in [3.05, 3.63) is 63.7 Å². The molecule has 1 fully saturated rings. The molecule has 0 atom stereocenters. The predicted molar refractivity (Wildman–Crippen MR) is 135 cm³/mol. The summed E-state index contributed by atoms with van der Waals surface area (Å²) in [5.41, 5.74) is 2.20. The van der Waals surface area contributed by atoms with Gasteiger partial charge >= 0.3 is 0 Å². The number of amides is 1. The van der Waals surface area contributed by atoms with Crippen molar-refractivity contribution in [3.8, 4) is 5.75 Å². The van der Waals surface area contributed by atoms with E-state index < -0.39 is 0 Å². The first kappa shape index (κ1) is 26.0. The second-order valence-corrected chi connectivity index (χ2v) is 10.3. The highest BCUT2D eigenvalue weighted by Gasteiger charge is 2.24. The van der Waals surface area contributed by atoms with Gasteiger partial charge in [0.05, 0.1) is 6.54 Å². The van der Waals surface area contributed by atoms with Gasteiger partial charge in [0.1, 0.15) is 18.6 Å². The normalized spacial score (nSPS) is 15.4. The van der Waals surface area contributed by atoms with E-state index >= 15 is 0 Å². The van der Waals surface area contributed by atoms with Crippen molar-refractivity contribution in [2.75, 3.05) is 26.2 Å². The van der Waals surface area contributed by atoms with Crippen LogP contribution in [0.2, 0.25) is 0 Å². The average molecular weight is 469 g/mol. The van der Waals surface area contributed by atoms with Crippen LogP contribution in [0.4, 0.5) is 0 Å². The van der Waals surface area contributed by atoms with Crippen LogP contribution in [0.5, 0.6) is 5.75 Å². The van der Waals surface area contributed by atoms with Gasteiger partial charge in [0.2, 0.25) is 17.1 Å². The van der Waals surface area contributed by atoms with E-state index in [0.29, 0.717) is 18.9 Å². The molecule has 0 radical (unpaired) electrons. The summed E-state index contributed by atoms with van der Waals surface area (Å²) in [4.78, 5) is 29.5. The van der Waals surface area contributed by atoms with Crippen molar-refractivity contribution in [2.45, 2.75) is 72.4 Å². The third kappa shape index (κ3) is 6.95. The molecule has 0 N–H and O–H groups in total. The molecule has 1 saturated heterocycles. The SMILES string of the molecule is CCC(CC)C(=O)N1CCCN(Cc2cc(=O)c(OCc3ccc(C(C)(C)C)cc3)co2)CC1. The lowest BCUT2D eigenvalue weighted by molar-refractivity contribution is -0.135. The molecule has 1 aliphatic rings. The highest BCUT2D eigenvalue weighted by Crippen LogP contribution is 2.22. The van der Waals surface area contributed by atoms with E-state index in [1.54, 1.807) is 0 Å². The zero-order valence-electron chi connectivity index (χ0n) is 21.4. The number of nitrogens with zero attached hydrogens (tertiary/aromatic N) is 2. The van der Waals surface area contributed by atoms with Gasteiger partial charge in [0.25, 0.3) is 0 Å². The third-order valence-electron chi connectivity index (χ3n) is 6.68. The summed E-state index contributed by atoms with van der Waals surface area (Å²) in [6.07, 6.45) is 4.11. The zero-order valence-corrected chi connectivity index (χ0v) is 21.4. The molecule has 186 valence electrons. The van der Waals surface area contributed by atoms with Gasteiger partial charge in [0.15, 0.2) is 0 Å². The van der Waals surface area contributed by atoms with Crippen LogP contribution < -0.4 is 10.2 Å². The van der Waals surface area contributed by atoms with Crippen molar-refractivity contribution < 1.29 is 13.9 Å². The van der Waals surface area contributed by atoms with Crippen molar-refractivity contribution in [1.29, 1.82) is 0 Å². The highest BCUT2D eigenvalue weighted by atomic mass is 16.5. The molecule has 1 aliphatic heterocycles. The average Bonchev–Trinajstić information content (AvgIpc) is 3.04. The number of benzene rings is 1. The molecule has 0 spiro atoms. The Morgan fingerprint density at radius 1 is 1.06 bits per heavy atom. The number of hydrogen-bond donors (Lipinski definition) is 0. The van der Waals surface area contributed by atoms with Crippen molar-refractivity contribution in [2.24, 2.45) is 5.92 Å². The maximum absolute atomic E-state index is 12.7. The van der Waals surface area contributed by atoms with Gasteiger partial charge in [-0.15, -0.1) is 0 Å². The van der Waals surface area contributed by atoms with Crippen LogP contribution in [-0.4, -0.2) is 41.9 Å². The fraction of sp³-hybridized carbons (Fsp3) is 0.571. The van der Waals surface area contributed by atoms with Crippen LogP contribution in [0.15, 0.2) is 45.8 Å². The van der Waals surface area contributed by atoms with Crippen molar-refractivity contribution >= 4 is 5.91 Å². The summed E-state index contributed by atoms with van der Waals surface area (Å²) >= 11 is 0. The lowest BCUT2D eigenvalue weighted by Crippen LogP contribution is -2.38. The van der Waals surface area contributed by atoms with Gasteiger partial charge < -0.3 is 14.1 Å². The zero-order chi connectivity index (χ0) is 24.7. The van der Waals surface area contributed by atoms with Gasteiger partial charge in [-0.2, -0.15) is 0 Å². The van der Waals surface area contributed by atoms with Crippen LogP contribution >= 0.6 is 0 Å². The second kappa shape index (κ2) is 11.7. The Bertz CT molecular complexity index is 987. The first-order valence-corrected chi connectivity index (χ1v) is 12.6. The molecular formula is C28H40N2O4. The lowest BCUT2D eigenvalue weighted by Gasteiger charge is -2.25. The van der Waals surface area contributed by atoms with E-state index in [4.69, 9.17) is 9.15 Å². The number of hydrogen-bond acceptors (Lipinski definition) is 5. The maximum Gasteiger partial charge on any atom is 0.227 e. The third-order valence-corrected chi connectivity index (χ3v) is 6.68. The first-order chi connectivity index (χ1) is 16.2. The van der Waals surface area contributed by atoms with Crippen LogP contribution in [-0.2, 0) is 23.4 Å². The Kier molecular flexibility index (Phi) is 8.95. The monoisotopic (exact) mass is 468 g/mol. The minimum Gasteiger partial charge on any atom is -0.482 e. The fourth-order valence-corrected chi connectivity index (χ4v) is 4.35. The number of ether oxygens (including phenoxy) is 1. The number of rotatable bonds is 8. The van der Waals surface area contributed by atoms with Gasteiger partial charge in [-0.25, -0.2) is 0 Å². The summed E-state index contributed by atoms with van der Waals surface area (Å²) in [6, 6.07) is 9.80. The quantitative estimate of drug-likeness (QED) is 0.546. The summed E-state index contributed by atoms with van der Waals surface area (Å²) < 4.78 is 11.5. The first-order valence-electron chi connectivity index (χ1n) is 12.6. The molecule has 34 heavy (non-hydrogen) atoms. The fourth-order valence-electron chi connectivity index (χ4n) is 4.35. The minimum atomic E-state index is -0.173. The molecule has 1 amide bonds. The van der Waals surface area contributed by atoms with Gasteiger partial charge in [0, 0.05) is 38.2 Å². The van der Waals surface area contributed by atoms with Gasteiger partial charge in [-0.3, -0.25) is 14.5 Å². The Morgan fingerprint density at radius 3 is 2.38 bits per heavy atom. The van der Waals surface area contributed by atoms with Crippen LogP contribution in [0.25, 0.3) is 0 Å². The van der Waals surface area contributed by atoms with E-state index in [1.165, 1.54) is 17.9 Å². The molecule has 2 aromatic rings. The Balaban J connectivity index is 1.54. The van der Waals surface area contributed by atoms with E-state index in [1.807, 2.05) is 17.0 Å². The van der Waals surface area contributed by atoms with E-state index in [2.05, 4.69) is 51.7 Å². The Morgan fingerprint density at radius 2 is 1.76 bits per heavy atom. The van der Waals surface area contributed by atoms with Crippen LogP contribution in [0, 0.1) is 5.92 Å². The molecule has 6 nitrogen and oxygen atoms in total. The number of carbonyl (C=O) groups excluding carboxylic acids is 1. The predicted octanol–water partition coefficient (Wildman–Crippen LogP) is 4.99. The molecule has 2 heterocycles. The maximum atomic E-state index is 12.7. The minimum absolute atomic E-state index is 0.102. The molecule has 0 bridgehead atoms. The molecular weight excluding hydrogens is 428 g/mol. The largest absolute Gasteiger partial charge is 0.482 e. The molecule has 1 aromatic heterocycles. The molecule has 3 rings (SSSR count).